The number of aromatic nitrogens is 3. The second-order valence-corrected chi connectivity index (χ2v) is 6.47. The largest absolute Gasteiger partial charge is 0.340 e. The number of carbonyl (C=O) groups excluding carboxylic acids is 1. The summed E-state index contributed by atoms with van der Waals surface area (Å²) in [5.74, 6) is 1.67. The van der Waals surface area contributed by atoms with E-state index in [1.807, 2.05) is 36.4 Å². The third-order valence-corrected chi connectivity index (χ3v) is 4.28. The van der Waals surface area contributed by atoms with Gasteiger partial charge in [-0.05, 0) is 60.7 Å². The Balaban J connectivity index is 1.39. The molecule has 0 aliphatic heterocycles. The lowest BCUT2D eigenvalue weighted by atomic mass is 10.1. The van der Waals surface area contributed by atoms with E-state index in [0.717, 1.165) is 5.69 Å². The lowest BCUT2D eigenvalue weighted by molar-refractivity contribution is 0.102. The molecule has 2 aromatic heterocycles. The highest BCUT2D eigenvalue weighted by Gasteiger charge is 2.07. The van der Waals surface area contributed by atoms with E-state index in [1.54, 1.807) is 48.7 Å². The molecular weight excluding hydrogens is 390 g/mol. The lowest BCUT2D eigenvalue weighted by Crippen LogP contribution is -2.11. The maximum Gasteiger partial charge on any atom is 0.255 e. The van der Waals surface area contributed by atoms with Gasteiger partial charge in [-0.3, -0.25) is 4.79 Å². The molecule has 0 fully saturated rings. The van der Waals surface area contributed by atoms with Crippen LogP contribution in [0, 0.1) is 11.3 Å². The third-order valence-electron chi connectivity index (χ3n) is 4.28. The van der Waals surface area contributed by atoms with Crippen LogP contribution in [0.2, 0.25) is 0 Å². The molecule has 0 unspecified atom stereocenters. The Morgan fingerprint density at radius 1 is 0.774 bits per heavy atom. The summed E-state index contributed by atoms with van der Waals surface area (Å²) in [5, 5.41) is 18.0. The van der Waals surface area contributed by atoms with Crippen molar-refractivity contribution in [1.82, 2.24) is 15.0 Å². The number of carbonyl (C=O) groups is 1. The summed E-state index contributed by atoms with van der Waals surface area (Å²) in [7, 11) is 0. The molecule has 0 aliphatic carbocycles. The normalized spacial score (nSPS) is 10.0. The lowest BCUT2D eigenvalue weighted by Gasteiger charge is -2.10. The van der Waals surface area contributed by atoms with Gasteiger partial charge in [0.25, 0.3) is 5.91 Å². The fraction of sp³-hybridized carbons (Fsp3) is 0. The van der Waals surface area contributed by atoms with Crippen LogP contribution < -0.4 is 16.0 Å². The van der Waals surface area contributed by atoms with Crippen molar-refractivity contribution in [3.8, 4) is 6.07 Å². The van der Waals surface area contributed by atoms with Gasteiger partial charge in [-0.15, -0.1) is 0 Å². The highest BCUT2D eigenvalue weighted by atomic mass is 16.1. The Morgan fingerprint density at radius 3 is 2.16 bits per heavy atom. The van der Waals surface area contributed by atoms with Crippen LogP contribution in [0.25, 0.3) is 0 Å². The van der Waals surface area contributed by atoms with Crippen LogP contribution in [0.5, 0.6) is 0 Å². The molecule has 0 bridgehead atoms. The number of benzene rings is 2. The first kappa shape index (κ1) is 19.5. The van der Waals surface area contributed by atoms with Crippen LogP contribution in [-0.4, -0.2) is 20.9 Å². The minimum atomic E-state index is -0.244. The van der Waals surface area contributed by atoms with E-state index in [4.69, 9.17) is 5.26 Å². The quantitative estimate of drug-likeness (QED) is 0.431. The van der Waals surface area contributed by atoms with Crippen LogP contribution in [0.1, 0.15) is 15.9 Å². The fourth-order valence-electron chi connectivity index (χ4n) is 2.75. The Hall–Kier alpha value is -4.77. The average molecular weight is 407 g/mol. The van der Waals surface area contributed by atoms with Gasteiger partial charge in [-0.25, -0.2) is 15.0 Å². The van der Waals surface area contributed by atoms with E-state index in [-0.39, 0.29) is 5.91 Å². The molecule has 8 nitrogen and oxygen atoms in total. The molecule has 8 heteroatoms. The number of nitrogens with one attached hydrogen (secondary N) is 3. The van der Waals surface area contributed by atoms with Crippen molar-refractivity contribution in [2.45, 2.75) is 0 Å². The highest BCUT2D eigenvalue weighted by molar-refractivity contribution is 6.04. The van der Waals surface area contributed by atoms with E-state index >= 15 is 0 Å². The molecule has 1 amide bonds. The number of nitriles is 1. The molecule has 2 aromatic carbocycles. The van der Waals surface area contributed by atoms with Gasteiger partial charge in [-0.2, -0.15) is 5.26 Å². The Morgan fingerprint density at radius 2 is 1.48 bits per heavy atom. The van der Waals surface area contributed by atoms with Gasteiger partial charge in [-0.1, -0.05) is 6.07 Å². The van der Waals surface area contributed by atoms with Crippen molar-refractivity contribution >= 4 is 34.7 Å². The summed E-state index contributed by atoms with van der Waals surface area (Å²) >= 11 is 0. The summed E-state index contributed by atoms with van der Waals surface area (Å²) in [4.78, 5) is 25.0. The molecule has 0 aliphatic rings. The Kier molecular flexibility index (Phi) is 5.77. The predicted molar refractivity (Wildman–Crippen MR) is 118 cm³/mol. The zero-order valence-electron chi connectivity index (χ0n) is 16.3. The topological polar surface area (TPSA) is 116 Å². The zero-order valence-corrected chi connectivity index (χ0v) is 16.3. The second-order valence-electron chi connectivity index (χ2n) is 6.47. The maximum atomic E-state index is 12.3. The van der Waals surface area contributed by atoms with E-state index in [2.05, 4.69) is 30.9 Å². The molecule has 0 atom stereocenters. The van der Waals surface area contributed by atoms with Crippen LogP contribution >= 0.6 is 0 Å². The molecule has 31 heavy (non-hydrogen) atoms. The first-order valence-electron chi connectivity index (χ1n) is 9.38. The van der Waals surface area contributed by atoms with Crippen LogP contribution in [0.4, 0.5) is 28.8 Å². The SMILES string of the molecule is N#Cc1ccc(C(=O)Nc2ccc(Nc3cc(Nc4ccccn4)ncn3)cc2)cc1. The zero-order chi connectivity index (χ0) is 21.5. The molecule has 3 N–H and O–H groups in total. The number of anilines is 5. The van der Waals surface area contributed by atoms with Crippen molar-refractivity contribution in [3.05, 3.63) is 96.4 Å². The standard InChI is InChI=1S/C23H17N7O/c24-14-16-4-6-17(7-5-16)23(31)29-19-10-8-18(9-11-19)28-21-13-22(27-15-26-21)30-20-3-1-2-12-25-20/h1-13,15H,(H,29,31)(H2,25,26,27,28,30). The number of amides is 1. The van der Waals surface area contributed by atoms with Gasteiger partial charge in [0.2, 0.25) is 0 Å². The smallest absolute Gasteiger partial charge is 0.255 e. The average Bonchev–Trinajstić information content (AvgIpc) is 2.81. The van der Waals surface area contributed by atoms with Gasteiger partial charge in [0.1, 0.15) is 23.8 Å². The summed E-state index contributed by atoms with van der Waals surface area (Å²) in [6, 6.07) is 23.1. The monoisotopic (exact) mass is 407 g/mol. The predicted octanol–water partition coefficient (Wildman–Crippen LogP) is 4.48. The van der Waals surface area contributed by atoms with E-state index in [9.17, 15) is 4.79 Å². The number of hydrogen-bond acceptors (Lipinski definition) is 7. The van der Waals surface area contributed by atoms with E-state index < -0.39 is 0 Å². The van der Waals surface area contributed by atoms with Crippen molar-refractivity contribution in [1.29, 1.82) is 5.26 Å². The number of nitrogens with zero attached hydrogens (tertiary/aromatic N) is 4. The molecule has 0 saturated carbocycles. The summed E-state index contributed by atoms with van der Waals surface area (Å²) in [5.41, 5.74) is 2.45. The van der Waals surface area contributed by atoms with Crippen LogP contribution in [0.3, 0.4) is 0 Å². The first-order chi connectivity index (χ1) is 15.2. The molecule has 0 saturated heterocycles. The van der Waals surface area contributed by atoms with Gasteiger partial charge < -0.3 is 16.0 Å². The molecule has 4 rings (SSSR count). The third kappa shape index (κ3) is 5.19. The van der Waals surface area contributed by atoms with Gasteiger partial charge >= 0.3 is 0 Å². The van der Waals surface area contributed by atoms with Gasteiger partial charge in [0, 0.05) is 29.2 Å². The summed E-state index contributed by atoms with van der Waals surface area (Å²) < 4.78 is 0. The van der Waals surface area contributed by atoms with Crippen molar-refractivity contribution in [2.75, 3.05) is 16.0 Å². The molecule has 0 spiro atoms. The minimum absolute atomic E-state index is 0.244. The first-order valence-corrected chi connectivity index (χ1v) is 9.38. The van der Waals surface area contributed by atoms with E-state index in [0.29, 0.717) is 34.3 Å². The summed E-state index contributed by atoms with van der Waals surface area (Å²) in [6.07, 6.45) is 3.16. The number of hydrogen-bond donors (Lipinski definition) is 3. The van der Waals surface area contributed by atoms with Crippen LogP contribution in [-0.2, 0) is 0 Å². The Labute approximate surface area is 178 Å². The number of pyridine rings is 1. The molecule has 2 heterocycles. The minimum Gasteiger partial charge on any atom is -0.340 e. The van der Waals surface area contributed by atoms with Crippen LogP contribution in [0.15, 0.2) is 85.3 Å². The molecule has 0 radical (unpaired) electrons. The van der Waals surface area contributed by atoms with Crippen molar-refractivity contribution in [2.24, 2.45) is 0 Å². The van der Waals surface area contributed by atoms with Crippen molar-refractivity contribution < 1.29 is 4.79 Å². The Bertz CT molecular complexity index is 1220. The second kappa shape index (κ2) is 9.15. The van der Waals surface area contributed by atoms with E-state index in [1.165, 1.54) is 6.33 Å². The van der Waals surface area contributed by atoms with Crippen molar-refractivity contribution in [3.63, 3.8) is 0 Å². The fourth-order valence-corrected chi connectivity index (χ4v) is 2.75. The molecular formula is C23H17N7O. The van der Waals surface area contributed by atoms with Gasteiger partial charge in [0.15, 0.2) is 0 Å². The maximum absolute atomic E-state index is 12.3. The molecule has 4 aromatic rings. The van der Waals surface area contributed by atoms with Gasteiger partial charge in [0.05, 0.1) is 11.6 Å². The summed E-state index contributed by atoms with van der Waals surface area (Å²) in [6.45, 7) is 0. The highest BCUT2D eigenvalue weighted by Crippen LogP contribution is 2.20. The molecule has 150 valence electrons. The number of rotatable bonds is 6.